The van der Waals surface area contributed by atoms with Crippen LogP contribution in [0.2, 0.25) is 0 Å². The van der Waals surface area contributed by atoms with E-state index in [0.29, 0.717) is 16.6 Å². The van der Waals surface area contributed by atoms with Crippen LogP contribution in [-0.4, -0.2) is 71.7 Å². The van der Waals surface area contributed by atoms with E-state index in [4.69, 9.17) is 16.0 Å². The molecule has 0 saturated carbocycles. The van der Waals surface area contributed by atoms with Crippen LogP contribution in [0.5, 0.6) is 0 Å². The van der Waals surface area contributed by atoms with Crippen LogP contribution in [0.4, 0.5) is 0 Å². The predicted molar refractivity (Wildman–Crippen MR) is 116 cm³/mol. The fourth-order valence-corrected chi connectivity index (χ4v) is 6.01. The number of hydrogen-bond acceptors (Lipinski definition) is 10. The second-order valence-electron chi connectivity index (χ2n) is 6.99. The van der Waals surface area contributed by atoms with Gasteiger partial charge in [-0.15, -0.1) is 10.2 Å². The molecule has 4 aromatic rings. The lowest BCUT2D eigenvalue weighted by Crippen LogP contribution is -2.39. The van der Waals surface area contributed by atoms with E-state index in [0.717, 1.165) is 6.07 Å². The maximum Gasteiger partial charge on any atom is 0.242 e. The van der Waals surface area contributed by atoms with E-state index in [1.807, 2.05) is 0 Å². The number of nitrogens with zero attached hydrogens (tertiary/aromatic N) is 4. The Labute approximate surface area is 187 Å². The molecule has 33 heavy (non-hydrogen) atoms. The summed E-state index contributed by atoms with van der Waals surface area (Å²) < 4.78 is 53.6. The van der Waals surface area contributed by atoms with Gasteiger partial charge in [-0.05, 0) is 22.9 Å². The Morgan fingerprint density at radius 3 is 2.58 bits per heavy atom. The first-order chi connectivity index (χ1) is 15.6. The Bertz CT molecular complexity index is 1520. The molecular weight excluding hydrogens is 474 g/mol. The molecule has 2 aromatic heterocycles. The monoisotopic (exact) mass is 493 g/mol. The third-order valence-electron chi connectivity index (χ3n) is 4.77. The van der Waals surface area contributed by atoms with Crippen molar-refractivity contribution < 1.29 is 21.9 Å². The highest BCUT2D eigenvalue weighted by Crippen LogP contribution is 2.40. The molecule has 0 aliphatic heterocycles. The minimum atomic E-state index is -4.64. The molecule has 16 heteroatoms. The number of aromatic amines is 2. The summed E-state index contributed by atoms with van der Waals surface area (Å²) >= 11 is 0. The number of tetrazole rings is 1. The van der Waals surface area contributed by atoms with E-state index in [9.17, 15) is 16.8 Å². The van der Waals surface area contributed by atoms with Crippen molar-refractivity contribution in [1.82, 2.24) is 35.3 Å². The molecule has 0 saturated heterocycles. The number of nitrogens with one attached hydrogen (secondary N) is 3. The lowest BCUT2D eigenvalue weighted by atomic mass is 9.98. The zero-order valence-electron chi connectivity index (χ0n) is 16.8. The van der Waals surface area contributed by atoms with Gasteiger partial charge in [-0.1, -0.05) is 18.2 Å². The van der Waals surface area contributed by atoms with Crippen molar-refractivity contribution >= 4 is 31.1 Å². The van der Waals surface area contributed by atoms with Crippen molar-refractivity contribution in [2.24, 2.45) is 10.9 Å². The smallest absolute Gasteiger partial charge is 0.242 e. The van der Waals surface area contributed by atoms with Crippen LogP contribution < -0.4 is 15.6 Å². The lowest BCUT2D eigenvalue weighted by Gasteiger charge is -2.17. The molecule has 0 fully saturated rings. The second-order valence-corrected chi connectivity index (χ2v) is 10.2. The number of nitrogens with two attached hydrogens (primary N) is 2. The van der Waals surface area contributed by atoms with Gasteiger partial charge in [-0.25, -0.2) is 31.7 Å². The summed E-state index contributed by atoms with van der Waals surface area (Å²) in [4.78, 5) is 5.87. The Morgan fingerprint density at radius 1 is 1.12 bits per heavy atom. The molecule has 0 spiro atoms. The Hall–Kier alpha value is -3.28. The molecule has 4 rings (SSSR count). The minimum Gasteiger partial charge on any atom is -0.395 e. The van der Waals surface area contributed by atoms with Crippen molar-refractivity contribution in [2.45, 2.75) is 15.8 Å². The first-order valence-electron chi connectivity index (χ1n) is 9.35. The Morgan fingerprint density at radius 2 is 1.91 bits per heavy atom. The van der Waals surface area contributed by atoms with Crippen molar-refractivity contribution in [3.05, 3.63) is 36.7 Å². The molecule has 0 bridgehead atoms. The van der Waals surface area contributed by atoms with Gasteiger partial charge in [0.2, 0.25) is 25.9 Å². The van der Waals surface area contributed by atoms with Gasteiger partial charge < -0.3 is 15.8 Å². The number of benzene rings is 2. The fourth-order valence-electron chi connectivity index (χ4n) is 3.31. The number of fused-ring (bicyclic) bond motifs is 1. The third-order valence-corrected chi connectivity index (χ3v) is 7.36. The SMILES string of the molecule is NC(CO)CNS(=O)(=O)c1ccc(-c2cccc3[nH]cnc23)c(-c2nn[nH]n2)c1S(N)(=O)=O. The van der Waals surface area contributed by atoms with Crippen LogP contribution in [0.1, 0.15) is 0 Å². The van der Waals surface area contributed by atoms with E-state index in [1.165, 1.54) is 12.4 Å². The minimum absolute atomic E-state index is 0.170. The quantitative estimate of drug-likeness (QED) is 0.169. The number of aliphatic hydroxyl groups excluding tert-OH is 1. The van der Waals surface area contributed by atoms with Gasteiger partial charge in [0.15, 0.2) is 0 Å². The van der Waals surface area contributed by atoms with Gasteiger partial charge in [0.05, 0.1) is 29.5 Å². The summed E-state index contributed by atoms with van der Waals surface area (Å²) in [5.74, 6) is -0.189. The maximum absolute atomic E-state index is 13.0. The van der Waals surface area contributed by atoms with E-state index in [-0.39, 0.29) is 23.5 Å². The van der Waals surface area contributed by atoms with Crippen molar-refractivity contribution in [1.29, 1.82) is 0 Å². The zero-order chi connectivity index (χ0) is 23.8. The molecule has 0 amide bonds. The number of para-hydroxylation sites is 1. The second kappa shape index (κ2) is 8.58. The van der Waals surface area contributed by atoms with Crippen LogP contribution in [0.25, 0.3) is 33.5 Å². The van der Waals surface area contributed by atoms with Crippen molar-refractivity contribution in [2.75, 3.05) is 13.2 Å². The maximum atomic E-state index is 13.0. The fraction of sp³-hybridized carbons (Fsp3) is 0.176. The van der Waals surface area contributed by atoms with Crippen LogP contribution in [0.3, 0.4) is 0 Å². The summed E-state index contributed by atoms with van der Waals surface area (Å²) in [5, 5.41) is 28.0. The zero-order valence-corrected chi connectivity index (χ0v) is 18.4. The number of sulfonamides is 2. The molecule has 8 N–H and O–H groups in total. The van der Waals surface area contributed by atoms with Gasteiger partial charge in [0.1, 0.15) is 9.79 Å². The first-order valence-corrected chi connectivity index (χ1v) is 12.4. The van der Waals surface area contributed by atoms with Crippen LogP contribution >= 0.6 is 0 Å². The van der Waals surface area contributed by atoms with Gasteiger partial charge >= 0.3 is 0 Å². The summed E-state index contributed by atoms with van der Waals surface area (Å²) in [6.07, 6.45) is 1.47. The predicted octanol–water partition coefficient (Wildman–Crippen LogP) is -1.34. The molecular formula is C17H19N9O5S2. The molecule has 14 nitrogen and oxygen atoms in total. The standard InChI is InChI=1S/C17H19N9O5S2/c18-9(7-27)6-22-33(30,31)13-5-4-10(11-2-1-3-12-15(11)21-8-20-12)14(16(13)32(19,28)29)17-23-25-26-24-17/h1-5,8-9,22,27H,6-7,18H2,(H,20,21)(H2,19,28,29)(H,23,24,25,26). The summed E-state index contributed by atoms with van der Waals surface area (Å²) in [7, 11) is -9.07. The number of primary sulfonamides is 1. The highest BCUT2D eigenvalue weighted by Gasteiger charge is 2.32. The van der Waals surface area contributed by atoms with Gasteiger partial charge in [0, 0.05) is 18.2 Å². The van der Waals surface area contributed by atoms with Gasteiger partial charge in [0.25, 0.3) is 0 Å². The van der Waals surface area contributed by atoms with Crippen LogP contribution in [-0.2, 0) is 20.0 Å². The van der Waals surface area contributed by atoms with E-state index < -0.39 is 42.5 Å². The molecule has 2 aromatic carbocycles. The molecule has 1 unspecified atom stereocenters. The summed E-state index contributed by atoms with van der Waals surface area (Å²) in [5.41, 5.74) is 7.32. The molecule has 1 atom stereocenters. The topological polar surface area (TPSA) is 236 Å². The molecule has 0 aliphatic rings. The van der Waals surface area contributed by atoms with E-state index in [2.05, 4.69) is 35.3 Å². The molecule has 174 valence electrons. The average Bonchev–Trinajstić information content (AvgIpc) is 3.47. The largest absolute Gasteiger partial charge is 0.395 e. The van der Waals surface area contributed by atoms with Gasteiger partial charge in [-0.3, -0.25) is 0 Å². The normalized spacial score (nSPS) is 13.4. The van der Waals surface area contributed by atoms with E-state index >= 15 is 0 Å². The average molecular weight is 494 g/mol. The van der Waals surface area contributed by atoms with Crippen LogP contribution in [0, 0.1) is 0 Å². The van der Waals surface area contributed by atoms with Crippen molar-refractivity contribution in [3.8, 4) is 22.5 Å². The number of aromatic nitrogens is 6. The number of rotatable bonds is 8. The van der Waals surface area contributed by atoms with Gasteiger partial charge in [-0.2, -0.15) is 5.21 Å². The van der Waals surface area contributed by atoms with E-state index in [1.54, 1.807) is 18.2 Å². The third kappa shape index (κ3) is 4.34. The summed E-state index contributed by atoms with van der Waals surface area (Å²) in [6, 6.07) is 6.79. The summed E-state index contributed by atoms with van der Waals surface area (Å²) in [6.45, 7) is -0.819. The lowest BCUT2D eigenvalue weighted by molar-refractivity contribution is 0.266. The molecule has 2 heterocycles. The number of imidazole rings is 1. The highest BCUT2D eigenvalue weighted by molar-refractivity contribution is 7.92. The van der Waals surface area contributed by atoms with Crippen molar-refractivity contribution in [3.63, 3.8) is 0 Å². The highest BCUT2D eigenvalue weighted by atomic mass is 32.2. The van der Waals surface area contributed by atoms with Crippen LogP contribution in [0.15, 0.2) is 46.5 Å². The Kier molecular flexibility index (Phi) is 5.95. The Balaban J connectivity index is 2.05. The molecule has 0 radical (unpaired) electrons. The number of hydrogen-bond donors (Lipinski definition) is 6. The molecule has 0 aliphatic carbocycles. The number of aliphatic hydroxyl groups is 1. The number of H-pyrrole nitrogens is 2. The first kappa shape index (κ1) is 22.9.